The summed E-state index contributed by atoms with van der Waals surface area (Å²) in [5, 5.41) is 9.67. The number of hydrogen-bond acceptors (Lipinski definition) is 2. The van der Waals surface area contributed by atoms with Crippen molar-refractivity contribution in [1.82, 2.24) is 10.2 Å². The van der Waals surface area contributed by atoms with Crippen LogP contribution in [0.5, 0.6) is 0 Å². The number of anilines is 1. The van der Waals surface area contributed by atoms with E-state index in [1.807, 2.05) is 6.92 Å². The van der Waals surface area contributed by atoms with Gasteiger partial charge in [-0.2, -0.15) is 5.10 Å². The first-order valence-electron chi connectivity index (χ1n) is 4.87. The number of nitrogens with one attached hydrogen (secondary N) is 2. The van der Waals surface area contributed by atoms with E-state index in [0.29, 0.717) is 5.56 Å². The minimum atomic E-state index is -0.216. The van der Waals surface area contributed by atoms with Crippen molar-refractivity contribution < 1.29 is 4.39 Å². The second kappa shape index (κ2) is 4.65. The van der Waals surface area contributed by atoms with Crippen molar-refractivity contribution in [3.8, 4) is 0 Å². The molecule has 0 aliphatic rings. The predicted octanol–water partition coefficient (Wildman–Crippen LogP) is 3.48. The summed E-state index contributed by atoms with van der Waals surface area (Å²) in [6.45, 7) is 1.90. The normalized spacial score (nSPS) is 12.4. The molecule has 2 rings (SSSR count). The number of aromatic amines is 1. The van der Waals surface area contributed by atoms with Gasteiger partial charge in [-0.25, -0.2) is 4.39 Å². The van der Waals surface area contributed by atoms with Gasteiger partial charge in [0.2, 0.25) is 0 Å². The van der Waals surface area contributed by atoms with Crippen LogP contribution in [0, 0.1) is 5.82 Å². The van der Waals surface area contributed by atoms with Crippen LogP contribution in [0.1, 0.15) is 18.5 Å². The number of benzene rings is 1. The molecule has 3 nitrogen and oxygen atoms in total. The van der Waals surface area contributed by atoms with Gasteiger partial charge in [-0.1, -0.05) is 15.9 Å². The zero-order valence-electron chi connectivity index (χ0n) is 8.67. The van der Waals surface area contributed by atoms with Crippen LogP contribution in [0.4, 0.5) is 10.1 Å². The molecule has 0 aliphatic carbocycles. The number of aromatic nitrogens is 2. The first-order chi connectivity index (χ1) is 7.66. The maximum absolute atomic E-state index is 13.6. The lowest BCUT2D eigenvalue weighted by Gasteiger charge is -2.15. The molecule has 1 unspecified atom stereocenters. The van der Waals surface area contributed by atoms with E-state index < -0.39 is 0 Å². The summed E-state index contributed by atoms with van der Waals surface area (Å²) < 4.78 is 14.4. The quantitative estimate of drug-likeness (QED) is 0.905. The average Bonchev–Trinajstić information content (AvgIpc) is 2.74. The lowest BCUT2D eigenvalue weighted by Crippen LogP contribution is -2.08. The van der Waals surface area contributed by atoms with Crippen LogP contribution in [0.2, 0.25) is 0 Å². The van der Waals surface area contributed by atoms with E-state index in [-0.39, 0.29) is 11.9 Å². The molecule has 84 valence electrons. The molecular weight excluding hydrogens is 273 g/mol. The van der Waals surface area contributed by atoms with Gasteiger partial charge in [-0.3, -0.25) is 5.10 Å². The number of rotatable bonds is 3. The third-order valence-electron chi connectivity index (χ3n) is 2.31. The van der Waals surface area contributed by atoms with Crippen molar-refractivity contribution in [2.24, 2.45) is 0 Å². The second-order valence-corrected chi connectivity index (χ2v) is 4.43. The summed E-state index contributed by atoms with van der Waals surface area (Å²) in [5.41, 5.74) is 1.46. The van der Waals surface area contributed by atoms with Gasteiger partial charge in [0, 0.05) is 16.2 Å². The largest absolute Gasteiger partial charge is 0.376 e. The molecule has 0 saturated carbocycles. The monoisotopic (exact) mass is 283 g/mol. The first-order valence-corrected chi connectivity index (χ1v) is 5.66. The van der Waals surface area contributed by atoms with E-state index in [1.165, 1.54) is 6.07 Å². The second-order valence-electron chi connectivity index (χ2n) is 3.52. The van der Waals surface area contributed by atoms with Gasteiger partial charge in [0.25, 0.3) is 0 Å². The molecule has 1 heterocycles. The Morgan fingerprint density at radius 1 is 1.50 bits per heavy atom. The number of hydrogen-bond donors (Lipinski definition) is 2. The van der Waals surface area contributed by atoms with Gasteiger partial charge >= 0.3 is 0 Å². The number of H-pyrrole nitrogens is 1. The van der Waals surface area contributed by atoms with E-state index in [9.17, 15) is 4.39 Å². The smallest absolute Gasteiger partial charge is 0.128 e. The van der Waals surface area contributed by atoms with Gasteiger partial charge < -0.3 is 5.32 Å². The maximum Gasteiger partial charge on any atom is 0.128 e. The number of nitrogens with zero attached hydrogens (tertiary/aromatic N) is 1. The van der Waals surface area contributed by atoms with E-state index in [0.717, 1.165) is 10.2 Å². The van der Waals surface area contributed by atoms with Crippen molar-refractivity contribution in [1.29, 1.82) is 0 Å². The predicted molar refractivity (Wildman–Crippen MR) is 64.7 cm³/mol. The summed E-state index contributed by atoms with van der Waals surface area (Å²) in [6.07, 6.45) is 3.39. The Hall–Kier alpha value is -1.36. The van der Waals surface area contributed by atoms with Crippen molar-refractivity contribution in [3.05, 3.63) is 46.4 Å². The zero-order chi connectivity index (χ0) is 11.5. The van der Waals surface area contributed by atoms with E-state index in [1.54, 1.807) is 24.5 Å². The average molecular weight is 284 g/mol. The summed E-state index contributed by atoms with van der Waals surface area (Å²) in [4.78, 5) is 0. The highest BCUT2D eigenvalue weighted by atomic mass is 79.9. The molecule has 1 atom stereocenters. The van der Waals surface area contributed by atoms with Gasteiger partial charge in [0.1, 0.15) is 5.82 Å². The highest BCUT2D eigenvalue weighted by Crippen LogP contribution is 2.24. The Bertz CT molecular complexity index is 470. The standard InChI is InChI=1S/C11H11BrFN3/c1-7(16-9-5-14-15-6-9)10-4-8(12)2-3-11(10)13/h2-7,16H,1H3,(H,14,15). The molecule has 16 heavy (non-hydrogen) atoms. The van der Waals surface area contributed by atoms with E-state index in [2.05, 4.69) is 31.4 Å². The lowest BCUT2D eigenvalue weighted by atomic mass is 10.1. The number of halogens is 2. The lowest BCUT2D eigenvalue weighted by molar-refractivity contribution is 0.600. The van der Waals surface area contributed by atoms with Crippen LogP contribution in [-0.2, 0) is 0 Å². The summed E-state index contributed by atoms with van der Waals surface area (Å²) in [5.74, 6) is -0.216. The first kappa shape index (κ1) is 11.1. The third kappa shape index (κ3) is 2.41. The fourth-order valence-electron chi connectivity index (χ4n) is 1.50. The van der Waals surface area contributed by atoms with Crippen LogP contribution in [0.3, 0.4) is 0 Å². The Morgan fingerprint density at radius 3 is 3.00 bits per heavy atom. The fourth-order valence-corrected chi connectivity index (χ4v) is 1.88. The molecule has 0 radical (unpaired) electrons. The molecule has 2 aromatic rings. The fraction of sp³-hybridized carbons (Fsp3) is 0.182. The van der Waals surface area contributed by atoms with E-state index >= 15 is 0 Å². The third-order valence-corrected chi connectivity index (χ3v) is 2.80. The summed E-state index contributed by atoms with van der Waals surface area (Å²) in [6, 6.07) is 4.79. The molecule has 0 saturated heterocycles. The van der Waals surface area contributed by atoms with Gasteiger partial charge in [-0.05, 0) is 25.1 Å². The molecule has 0 fully saturated rings. The minimum absolute atomic E-state index is 0.116. The van der Waals surface area contributed by atoms with Crippen LogP contribution >= 0.6 is 15.9 Å². The molecule has 0 spiro atoms. The zero-order valence-corrected chi connectivity index (χ0v) is 10.3. The van der Waals surface area contributed by atoms with Crippen molar-refractivity contribution >= 4 is 21.6 Å². The maximum atomic E-state index is 13.6. The van der Waals surface area contributed by atoms with Crippen molar-refractivity contribution in [2.75, 3.05) is 5.32 Å². The Labute approximate surface area is 101 Å². The highest BCUT2D eigenvalue weighted by Gasteiger charge is 2.11. The Morgan fingerprint density at radius 2 is 2.31 bits per heavy atom. The van der Waals surface area contributed by atoms with Gasteiger partial charge in [-0.15, -0.1) is 0 Å². The van der Waals surface area contributed by atoms with Gasteiger partial charge in [0.15, 0.2) is 0 Å². The SMILES string of the molecule is CC(Nc1cn[nH]c1)c1cc(Br)ccc1F. The summed E-state index contributed by atoms with van der Waals surface area (Å²) >= 11 is 3.33. The molecule has 0 aliphatic heterocycles. The van der Waals surface area contributed by atoms with Crippen molar-refractivity contribution in [2.45, 2.75) is 13.0 Å². The molecule has 0 bridgehead atoms. The highest BCUT2D eigenvalue weighted by molar-refractivity contribution is 9.10. The Balaban J connectivity index is 2.20. The topological polar surface area (TPSA) is 40.7 Å². The molecule has 5 heteroatoms. The molecular formula is C11H11BrFN3. The Kier molecular flexibility index (Phi) is 3.24. The molecule has 1 aromatic carbocycles. The molecule has 1 aromatic heterocycles. The van der Waals surface area contributed by atoms with Crippen LogP contribution in [0.25, 0.3) is 0 Å². The van der Waals surface area contributed by atoms with Crippen molar-refractivity contribution in [3.63, 3.8) is 0 Å². The van der Waals surface area contributed by atoms with Crippen LogP contribution in [0.15, 0.2) is 35.1 Å². The summed E-state index contributed by atoms with van der Waals surface area (Å²) in [7, 11) is 0. The van der Waals surface area contributed by atoms with E-state index in [4.69, 9.17) is 0 Å². The van der Waals surface area contributed by atoms with Crippen LogP contribution < -0.4 is 5.32 Å². The molecule has 0 amide bonds. The minimum Gasteiger partial charge on any atom is -0.376 e. The van der Waals surface area contributed by atoms with Gasteiger partial charge in [0.05, 0.1) is 17.9 Å². The molecule has 2 N–H and O–H groups in total. The van der Waals surface area contributed by atoms with Crippen LogP contribution in [-0.4, -0.2) is 10.2 Å².